The Kier molecular flexibility index (Phi) is 3.39. The van der Waals surface area contributed by atoms with Gasteiger partial charge in [0.1, 0.15) is 0 Å². The smallest absolute Gasteiger partial charge is 0.376 e. The quantitative estimate of drug-likeness (QED) is 0.705. The van der Waals surface area contributed by atoms with Crippen LogP contribution in [-0.2, 0) is 9.47 Å². The lowest BCUT2D eigenvalue weighted by atomic mass is 10.1. The van der Waals surface area contributed by atoms with Crippen LogP contribution in [0.3, 0.4) is 0 Å². The fourth-order valence-electron chi connectivity index (χ4n) is 1.09. The average Bonchev–Trinajstić information content (AvgIpc) is 2.17. The van der Waals surface area contributed by atoms with E-state index in [0.29, 0.717) is 0 Å². The first-order chi connectivity index (χ1) is 7.11. The lowest BCUT2D eigenvalue weighted by molar-refractivity contribution is -0.379. The van der Waals surface area contributed by atoms with Crippen molar-refractivity contribution >= 4 is 0 Å². The molecule has 0 radical (unpaired) electrons. The standard InChI is InChI=1S/C7H7F7O2/c8-5(9,4-3-15-1-2-16-4)6(10,11)7(12,13)14/h4H,1-3H2. The van der Waals surface area contributed by atoms with Gasteiger partial charge in [-0.3, -0.25) is 0 Å². The molecule has 1 rings (SSSR count). The predicted octanol–water partition coefficient (Wildman–Crippen LogP) is 2.23. The zero-order valence-electron chi connectivity index (χ0n) is 7.66. The summed E-state index contributed by atoms with van der Waals surface area (Å²) >= 11 is 0. The highest BCUT2D eigenvalue weighted by molar-refractivity contribution is 4.97. The summed E-state index contributed by atoms with van der Waals surface area (Å²) in [7, 11) is 0. The van der Waals surface area contributed by atoms with Gasteiger partial charge in [0.15, 0.2) is 6.10 Å². The van der Waals surface area contributed by atoms with Crippen LogP contribution in [0.15, 0.2) is 0 Å². The van der Waals surface area contributed by atoms with E-state index in [4.69, 9.17) is 0 Å². The van der Waals surface area contributed by atoms with Gasteiger partial charge in [-0.1, -0.05) is 0 Å². The van der Waals surface area contributed by atoms with E-state index in [1.165, 1.54) is 0 Å². The minimum Gasteiger partial charge on any atom is -0.376 e. The van der Waals surface area contributed by atoms with Gasteiger partial charge in [-0.2, -0.15) is 30.7 Å². The Morgan fingerprint density at radius 2 is 1.44 bits per heavy atom. The molecule has 1 aliphatic rings. The summed E-state index contributed by atoms with van der Waals surface area (Å²) < 4.78 is 94.6. The minimum atomic E-state index is -6.34. The molecule has 9 heteroatoms. The number of hydrogen-bond acceptors (Lipinski definition) is 2. The molecule has 0 aliphatic carbocycles. The Hall–Kier alpha value is -0.570. The minimum absolute atomic E-state index is 0.121. The Bertz CT molecular complexity index is 244. The first-order valence-electron chi connectivity index (χ1n) is 4.12. The van der Waals surface area contributed by atoms with Gasteiger partial charge in [-0.25, -0.2) is 0 Å². The topological polar surface area (TPSA) is 18.5 Å². The number of rotatable bonds is 2. The van der Waals surface area contributed by atoms with Gasteiger partial charge in [0.25, 0.3) is 0 Å². The summed E-state index contributed by atoms with van der Waals surface area (Å²) in [6.45, 7) is -1.57. The Balaban J connectivity index is 2.90. The van der Waals surface area contributed by atoms with Crippen molar-refractivity contribution in [2.24, 2.45) is 0 Å². The highest BCUT2D eigenvalue weighted by Crippen LogP contribution is 2.48. The van der Waals surface area contributed by atoms with Crippen molar-refractivity contribution in [2.45, 2.75) is 24.1 Å². The van der Waals surface area contributed by atoms with Crippen molar-refractivity contribution in [1.82, 2.24) is 0 Å². The van der Waals surface area contributed by atoms with Crippen LogP contribution in [0.5, 0.6) is 0 Å². The second-order valence-electron chi connectivity index (χ2n) is 3.13. The summed E-state index contributed by atoms with van der Waals surface area (Å²) in [5.41, 5.74) is 0. The van der Waals surface area contributed by atoms with Crippen molar-refractivity contribution in [3.8, 4) is 0 Å². The van der Waals surface area contributed by atoms with Gasteiger partial charge >= 0.3 is 18.0 Å². The molecule has 16 heavy (non-hydrogen) atoms. The zero-order valence-corrected chi connectivity index (χ0v) is 7.66. The third-order valence-corrected chi connectivity index (χ3v) is 1.99. The summed E-state index contributed by atoms with van der Waals surface area (Å²) in [5, 5.41) is 0. The average molecular weight is 256 g/mol. The first kappa shape index (κ1) is 13.5. The lowest BCUT2D eigenvalue weighted by Crippen LogP contribution is -2.60. The van der Waals surface area contributed by atoms with Crippen molar-refractivity contribution in [1.29, 1.82) is 0 Å². The molecule has 1 aliphatic heterocycles. The van der Waals surface area contributed by atoms with E-state index in [1.807, 2.05) is 0 Å². The van der Waals surface area contributed by atoms with Gasteiger partial charge in [0, 0.05) is 0 Å². The molecule has 1 saturated heterocycles. The molecule has 1 atom stereocenters. The molecular weight excluding hydrogens is 249 g/mol. The molecule has 0 bridgehead atoms. The molecule has 2 nitrogen and oxygen atoms in total. The van der Waals surface area contributed by atoms with Crippen LogP contribution in [0, 0.1) is 0 Å². The molecule has 0 aromatic rings. The number of alkyl halides is 7. The highest BCUT2D eigenvalue weighted by Gasteiger charge is 2.75. The van der Waals surface area contributed by atoms with Gasteiger partial charge in [0.2, 0.25) is 0 Å². The van der Waals surface area contributed by atoms with E-state index in [1.54, 1.807) is 0 Å². The van der Waals surface area contributed by atoms with Crippen molar-refractivity contribution in [3.05, 3.63) is 0 Å². The molecule has 0 spiro atoms. The summed E-state index contributed by atoms with van der Waals surface area (Å²) in [6.07, 6.45) is -8.94. The van der Waals surface area contributed by atoms with Crippen LogP contribution in [0.1, 0.15) is 0 Å². The molecule has 0 amide bonds. The largest absolute Gasteiger partial charge is 0.459 e. The first-order valence-corrected chi connectivity index (χ1v) is 4.12. The Labute approximate surface area is 85.3 Å². The molecule has 0 aromatic heterocycles. The van der Waals surface area contributed by atoms with E-state index in [0.717, 1.165) is 0 Å². The van der Waals surface area contributed by atoms with Crippen LogP contribution in [-0.4, -0.2) is 43.9 Å². The van der Waals surface area contributed by atoms with Crippen molar-refractivity contribution in [3.63, 3.8) is 0 Å². The summed E-state index contributed by atoms with van der Waals surface area (Å²) in [4.78, 5) is 0. The molecule has 0 aromatic carbocycles. The van der Waals surface area contributed by atoms with Gasteiger partial charge in [0.05, 0.1) is 19.8 Å². The molecule has 0 saturated carbocycles. The second kappa shape index (κ2) is 4.02. The Morgan fingerprint density at radius 1 is 0.875 bits per heavy atom. The van der Waals surface area contributed by atoms with E-state index in [9.17, 15) is 30.7 Å². The van der Waals surface area contributed by atoms with Gasteiger partial charge in [-0.05, 0) is 0 Å². The van der Waals surface area contributed by atoms with E-state index in [-0.39, 0.29) is 6.61 Å². The van der Waals surface area contributed by atoms with E-state index in [2.05, 4.69) is 9.47 Å². The monoisotopic (exact) mass is 256 g/mol. The maximum absolute atomic E-state index is 12.9. The summed E-state index contributed by atoms with van der Waals surface area (Å²) in [6, 6.07) is 0. The SMILES string of the molecule is FC(F)(F)C(F)(F)C(F)(F)C1COCCO1. The van der Waals surface area contributed by atoms with Crippen molar-refractivity contribution in [2.75, 3.05) is 19.8 Å². The fourth-order valence-corrected chi connectivity index (χ4v) is 1.09. The van der Waals surface area contributed by atoms with Crippen LogP contribution in [0.2, 0.25) is 0 Å². The molecule has 0 N–H and O–H groups in total. The van der Waals surface area contributed by atoms with Gasteiger partial charge < -0.3 is 9.47 Å². The Morgan fingerprint density at radius 3 is 1.81 bits per heavy atom. The molecular formula is C7H7F7O2. The van der Waals surface area contributed by atoms with E-state index >= 15 is 0 Å². The van der Waals surface area contributed by atoms with E-state index < -0.39 is 37.3 Å². The number of ether oxygens (including phenoxy) is 2. The lowest BCUT2D eigenvalue weighted by Gasteiger charge is -2.35. The van der Waals surface area contributed by atoms with Crippen LogP contribution >= 0.6 is 0 Å². The fraction of sp³-hybridized carbons (Fsp3) is 1.00. The second-order valence-corrected chi connectivity index (χ2v) is 3.13. The molecule has 1 heterocycles. The predicted molar refractivity (Wildman–Crippen MR) is 36.5 cm³/mol. The molecule has 1 fully saturated rings. The maximum atomic E-state index is 12.9. The number of hydrogen-bond donors (Lipinski definition) is 0. The van der Waals surface area contributed by atoms with Crippen LogP contribution in [0.25, 0.3) is 0 Å². The third kappa shape index (κ3) is 2.10. The molecule has 1 unspecified atom stereocenters. The normalized spacial score (nSPS) is 24.6. The van der Waals surface area contributed by atoms with Crippen molar-refractivity contribution < 1.29 is 40.2 Å². The zero-order chi connectivity index (χ0) is 12.6. The highest BCUT2D eigenvalue weighted by atomic mass is 19.4. The van der Waals surface area contributed by atoms with Gasteiger partial charge in [-0.15, -0.1) is 0 Å². The van der Waals surface area contributed by atoms with Crippen LogP contribution in [0.4, 0.5) is 30.7 Å². The molecule has 96 valence electrons. The summed E-state index contributed by atoms with van der Waals surface area (Å²) in [5.74, 6) is -11.5. The number of halogens is 7. The third-order valence-electron chi connectivity index (χ3n) is 1.99. The van der Waals surface area contributed by atoms with Crippen LogP contribution < -0.4 is 0 Å². The maximum Gasteiger partial charge on any atom is 0.459 e.